The Morgan fingerprint density at radius 3 is 2.88 bits per heavy atom. The van der Waals surface area contributed by atoms with Crippen LogP contribution in [0.3, 0.4) is 0 Å². The van der Waals surface area contributed by atoms with E-state index in [0.717, 1.165) is 19.1 Å². The molecule has 0 radical (unpaired) electrons. The largest absolute Gasteiger partial charge is 0.311 e. The molecule has 1 aliphatic heterocycles. The molecule has 0 bridgehead atoms. The van der Waals surface area contributed by atoms with Crippen LogP contribution < -0.4 is 5.32 Å². The van der Waals surface area contributed by atoms with Crippen molar-refractivity contribution in [3.8, 4) is 0 Å². The van der Waals surface area contributed by atoms with Gasteiger partial charge in [-0.3, -0.25) is 0 Å². The van der Waals surface area contributed by atoms with E-state index in [1.165, 1.54) is 36.9 Å². The molecule has 1 aliphatic rings. The number of nitrogens with zero attached hydrogens (tertiary/aromatic N) is 1. The number of hydrogen-bond donors (Lipinski definition) is 1. The summed E-state index contributed by atoms with van der Waals surface area (Å²) in [5.74, 6) is 0. The summed E-state index contributed by atoms with van der Waals surface area (Å²) in [5.41, 5.74) is 2.81. The van der Waals surface area contributed by atoms with E-state index in [1.807, 2.05) is 0 Å². The molecule has 1 fully saturated rings. The zero-order chi connectivity index (χ0) is 12.1. The molecule has 2 rings (SSSR count). The van der Waals surface area contributed by atoms with Crippen LogP contribution in [0.15, 0.2) is 24.3 Å². The number of piperidine rings is 1. The summed E-state index contributed by atoms with van der Waals surface area (Å²) in [4.78, 5) is 2.49. The van der Waals surface area contributed by atoms with E-state index in [9.17, 15) is 0 Å². The zero-order valence-corrected chi connectivity index (χ0v) is 11.1. The third kappa shape index (κ3) is 3.55. The maximum atomic E-state index is 3.60. The third-order valence-corrected chi connectivity index (χ3v) is 3.88. The third-order valence-electron chi connectivity index (χ3n) is 3.88. The molecule has 0 amide bonds. The summed E-state index contributed by atoms with van der Waals surface area (Å²) >= 11 is 0. The summed E-state index contributed by atoms with van der Waals surface area (Å²) in [6.45, 7) is 5.56. The predicted molar refractivity (Wildman–Crippen MR) is 73.2 cm³/mol. The fourth-order valence-electron chi connectivity index (χ4n) is 2.58. The van der Waals surface area contributed by atoms with E-state index in [2.05, 4.69) is 48.5 Å². The van der Waals surface area contributed by atoms with Gasteiger partial charge in [-0.05, 0) is 44.5 Å². The van der Waals surface area contributed by atoms with Crippen molar-refractivity contribution >= 4 is 0 Å². The number of benzene rings is 1. The highest BCUT2D eigenvalue weighted by Crippen LogP contribution is 2.14. The van der Waals surface area contributed by atoms with Gasteiger partial charge in [-0.2, -0.15) is 0 Å². The van der Waals surface area contributed by atoms with Crippen LogP contribution in [0.25, 0.3) is 0 Å². The molecule has 2 nitrogen and oxygen atoms in total. The summed E-state index contributed by atoms with van der Waals surface area (Å²) in [5, 5.41) is 3.60. The van der Waals surface area contributed by atoms with Gasteiger partial charge in [0.25, 0.3) is 0 Å². The van der Waals surface area contributed by atoms with Gasteiger partial charge in [0, 0.05) is 19.1 Å². The molecule has 1 heterocycles. The SMILES string of the molecule is Cc1ccccc1CNCC1CCCCN1C. The van der Waals surface area contributed by atoms with Crippen LogP contribution in [0.2, 0.25) is 0 Å². The summed E-state index contributed by atoms with van der Waals surface area (Å²) in [6.07, 6.45) is 4.10. The second-order valence-corrected chi connectivity index (χ2v) is 5.19. The monoisotopic (exact) mass is 232 g/mol. The van der Waals surface area contributed by atoms with Gasteiger partial charge in [-0.25, -0.2) is 0 Å². The molecule has 17 heavy (non-hydrogen) atoms. The van der Waals surface area contributed by atoms with Crippen molar-refractivity contribution in [2.24, 2.45) is 0 Å². The van der Waals surface area contributed by atoms with Crippen molar-refractivity contribution in [3.63, 3.8) is 0 Å². The smallest absolute Gasteiger partial charge is 0.0217 e. The highest BCUT2D eigenvalue weighted by molar-refractivity contribution is 5.25. The molecule has 0 spiro atoms. The van der Waals surface area contributed by atoms with Crippen LogP contribution in [0.1, 0.15) is 30.4 Å². The first-order chi connectivity index (χ1) is 8.27. The minimum Gasteiger partial charge on any atom is -0.311 e. The molecule has 1 aromatic carbocycles. The van der Waals surface area contributed by atoms with Gasteiger partial charge in [-0.15, -0.1) is 0 Å². The molecule has 94 valence electrons. The van der Waals surface area contributed by atoms with Gasteiger partial charge >= 0.3 is 0 Å². The normalized spacial score (nSPS) is 21.6. The quantitative estimate of drug-likeness (QED) is 0.858. The van der Waals surface area contributed by atoms with Crippen molar-refractivity contribution in [2.45, 2.75) is 38.8 Å². The molecule has 1 atom stereocenters. The van der Waals surface area contributed by atoms with Crippen LogP contribution in [0, 0.1) is 6.92 Å². The Morgan fingerprint density at radius 2 is 2.12 bits per heavy atom. The zero-order valence-electron chi connectivity index (χ0n) is 11.1. The first-order valence-electron chi connectivity index (χ1n) is 6.73. The summed E-state index contributed by atoms with van der Waals surface area (Å²) in [6, 6.07) is 9.36. The molecular weight excluding hydrogens is 208 g/mol. The van der Waals surface area contributed by atoms with Gasteiger partial charge < -0.3 is 10.2 Å². The van der Waals surface area contributed by atoms with Gasteiger partial charge in [0.1, 0.15) is 0 Å². The van der Waals surface area contributed by atoms with Crippen LogP contribution in [0.5, 0.6) is 0 Å². The first kappa shape index (κ1) is 12.6. The van der Waals surface area contributed by atoms with E-state index >= 15 is 0 Å². The fourth-order valence-corrected chi connectivity index (χ4v) is 2.58. The molecule has 1 unspecified atom stereocenters. The second kappa shape index (κ2) is 6.18. The molecule has 1 N–H and O–H groups in total. The number of likely N-dealkylation sites (tertiary alicyclic amines) is 1. The highest BCUT2D eigenvalue weighted by Gasteiger charge is 2.17. The minimum absolute atomic E-state index is 0.729. The van der Waals surface area contributed by atoms with Crippen molar-refractivity contribution in [2.75, 3.05) is 20.1 Å². The van der Waals surface area contributed by atoms with Gasteiger partial charge in [-0.1, -0.05) is 30.7 Å². The van der Waals surface area contributed by atoms with Crippen molar-refractivity contribution < 1.29 is 0 Å². The van der Waals surface area contributed by atoms with E-state index in [0.29, 0.717) is 0 Å². The fraction of sp³-hybridized carbons (Fsp3) is 0.600. The van der Waals surface area contributed by atoms with Crippen LogP contribution in [-0.2, 0) is 6.54 Å². The molecule has 0 saturated carbocycles. The van der Waals surface area contributed by atoms with E-state index in [1.54, 1.807) is 0 Å². The molecule has 1 saturated heterocycles. The Labute approximate surface area is 105 Å². The van der Waals surface area contributed by atoms with E-state index in [-0.39, 0.29) is 0 Å². The molecular formula is C15H24N2. The van der Waals surface area contributed by atoms with Gasteiger partial charge in [0.15, 0.2) is 0 Å². The van der Waals surface area contributed by atoms with E-state index < -0.39 is 0 Å². The maximum absolute atomic E-state index is 3.60. The van der Waals surface area contributed by atoms with Gasteiger partial charge in [0.05, 0.1) is 0 Å². The summed E-state index contributed by atoms with van der Waals surface area (Å²) < 4.78 is 0. The topological polar surface area (TPSA) is 15.3 Å². The number of rotatable bonds is 4. The molecule has 1 aromatic rings. The minimum atomic E-state index is 0.729. The first-order valence-corrected chi connectivity index (χ1v) is 6.73. The Kier molecular flexibility index (Phi) is 4.57. The molecule has 0 aromatic heterocycles. The maximum Gasteiger partial charge on any atom is 0.0217 e. The van der Waals surface area contributed by atoms with Gasteiger partial charge in [0.2, 0.25) is 0 Å². The van der Waals surface area contributed by atoms with Crippen LogP contribution >= 0.6 is 0 Å². The number of aryl methyl sites for hydroxylation is 1. The molecule has 2 heteroatoms. The Balaban J connectivity index is 1.77. The lowest BCUT2D eigenvalue weighted by atomic mass is 10.0. The van der Waals surface area contributed by atoms with E-state index in [4.69, 9.17) is 0 Å². The lowest BCUT2D eigenvalue weighted by molar-refractivity contribution is 0.181. The standard InChI is InChI=1S/C15H24N2/c1-13-7-3-4-8-14(13)11-16-12-15-9-5-6-10-17(15)2/h3-4,7-8,15-16H,5-6,9-12H2,1-2H3. The highest BCUT2D eigenvalue weighted by atomic mass is 15.2. The Morgan fingerprint density at radius 1 is 1.29 bits per heavy atom. The number of hydrogen-bond acceptors (Lipinski definition) is 2. The average molecular weight is 232 g/mol. The van der Waals surface area contributed by atoms with Crippen LogP contribution in [0.4, 0.5) is 0 Å². The lowest BCUT2D eigenvalue weighted by Crippen LogP contribution is -2.42. The number of nitrogens with one attached hydrogen (secondary N) is 1. The lowest BCUT2D eigenvalue weighted by Gasteiger charge is -2.32. The summed E-state index contributed by atoms with van der Waals surface area (Å²) in [7, 11) is 2.25. The number of likely N-dealkylation sites (N-methyl/N-ethyl adjacent to an activating group) is 1. The van der Waals surface area contributed by atoms with Crippen molar-refractivity contribution in [1.29, 1.82) is 0 Å². The predicted octanol–water partition coefficient (Wildman–Crippen LogP) is 2.57. The second-order valence-electron chi connectivity index (χ2n) is 5.19. The Hall–Kier alpha value is -0.860. The average Bonchev–Trinajstić information content (AvgIpc) is 2.34. The van der Waals surface area contributed by atoms with Crippen molar-refractivity contribution in [1.82, 2.24) is 10.2 Å². The molecule has 0 aliphatic carbocycles. The van der Waals surface area contributed by atoms with Crippen molar-refractivity contribution in [3.05, 3.63) is 35.4 Å². The Bertz CT molecular complexity index is 349. The van der Waals surface area contributed by atoms with Crippen LogP contribution in [-0.4, -0.2) is 31.1 Å².